The number of likely N-dealkylation sites (tertiary alicyclic amines) is 1. The van der Waals surface area contributed by atoms with Gasteiger partial charge in [-0.2, -0.15) is 0 Å². The molecule has 0 atom stereocenters. The normalized spacial score (nSPS) is 13.7. The molecule has 3 rings (SSSR count). The van der Waals surface area contributed by atoms with Gasteiger partial charge >= 0.3 is 0 Å². The Morgan fingerprint density at radius 3 is 2.30 bits per heavy atom. The van der Waals surface area contributed by atoms with E-state index < -0.39 is 0 Å². The van der Waals surface area contributed by atoms with Gasteiger partial charge in [0.2, 0.25) is 11.8 Å². The number of amides is 2. The molecule has 0 bridgehead atoms. The lowest BCUT2D eigenvalue weighted by atomic mass is 10.1. The summed E-state index contributed by atoms with van der Waals surface area (Å²) < 4.78 is 13.5. The van der Waals surface area contributed by atoms with Crippen molar-refractivity contribution < 1.29 is 14.0 Å². The van der Waals surface area contributed by atoms with Crippen molar-refractivity contribution in [2.24, 2.45) is 0 Å². The number of rotatable bonds is 16. The molecule has 0 radical (unpaired) electrons. The maximum atomic E-state index is 13.7. The Morgan fingerprint density at radius 2 is 1.62 bits per heavy atom. The molecule has 1 aliphatic heterocycles. The lowest BCUT2D eigenvalue weighted by Gasteiger charge is -2.29. The number of benzene rings is 1. The van der Waals surface area contributed by atoms with E-state index in [1.54, 1.807) is 28.4 Å². The minimum Gasteiger partial charge on any atom is -0.332 e. The standard InChI is InChI=1S/C30H44FN3O2S/c1-3-4-5-6-7-8-11-29(35)33(20-19-32-17-9-10-18-32)24-30(36)34(23-28-25(2)16-21-37-28)22-26-12-14-27(31)15-13-26/h12-16,21H,3-11,17-20,22-24H2,1-2H3. The van der Waals surface area contributed by atoms with Gasteiger partial charge < -0.3 is 14.7 Å². The molecule has 0 N–H and O–H groups in total. The van der Waals surface area contributed by atoms with E-state index in [1.807, 2.05) is 10.3 Å². The van der Waals surface area contributed by atoms with Crippen molar-refractivity contribution in [1.29, 1.82) is 0 Å². The second kappa shape index (κ2) is 15.9. The van der Waals surface area contributed by atoms with Crippen LogP contribution in [0.25, 0.3) is 0 Å². The highest BCUT2D eigenvalue weighted by Gasteiger charge is 2.23. The van der Waals surface area contributed by atoms with Crippen LogP contribution in [0.3, 0.4) is 0 Å². The summed E-state index contributed by atoms with van der Waals surface area (Å²) in [5, 5.41) is 2.04. The zero-order valence-electron chi connectivity index (χ0n) is 22.7. The largest absolute Gasteiger partial charge is 0.332 e. The monoisotopic (exact) mass is 529 g/mol. The van der Waals surface area contributed by atoms with Gasteiger partial charge in [-0.1, -0.05) is 51.2 Å². The van der Waals surface area contributed by atoms with E-state index in [0.29, 0.717) is 26.1 Å². The molecule has 204 valence electrons. The van der Waals surface area contributed by atoms with Crippen molar-refractivity contribution in [2.75, 3.05) is 32.7 Å². The SMILES string of the molecule is CCCCCCCCC(=O)N(CCN1CCCC1)CC(=O)N(Cc1ccc(F)cc1)Cc1sccc1C. The molecule has 0 spiro atoms. The first-order chi connectivity index (χ1) is 18.0. The lowest BCUT2D eigenvalue weighted by molar-refractivity contribution is -0.141. The van der Waals surface area contributed by atoms with E-state index >= 15 is 0 Å². The quantitative estimate of drug-likeness (QED) is 0.236. The number of unbranched alkanes of at least 4 members (excludes halogenated alkanes) is 5. The fraction of sp³-hybridized carbons (Fsp3) is 0.600. The van der Waals surface area contributed by atoms with E-state index in [0.717, 1.165) is 48.5 Å². The summed E-state index contributed by atoms with van der Waals surface area (Å²) in [5.41, 5.74) is 2.04. The van der Waals surface area contributed by atoms with Gasteiger partial charge in [0.05, 0.1) is 13.1 Å². The van der Waals surface area contributed by atoms with Crippen LogP contribution in [0.4, 0.5) is 4.39 Å². The molecule has 0 aliphatic carbocycles. The van der Waals surface area contributed by atoms with Crippen LogP contribution in [-0.4, -0.2) is 59.2 Å². The number of thiophene rings is 1. The Bertz CT molecular complexity index is 956. The van der Waals surface area contributed by atoms with Crippen molar-refractivity contribution in [3.05, 3.63) is 57.5 Å². The second-order valence-electron chi connectivity index (χ2n) is 10.3. The third-order valence-corrected chi connectivity index (χ3v) is 8.26. The molecule has 0 unspecified atom stereocenters. The second-order valence-corrected chi connectivity index (χ2v) is 11.3. The van der Waals surface area contributed by atoms with Gasteiger partial charge in [-0.15, -0.1) is 11.3 Å². The molecule has 1 fully saturated rings. The van der Waals surface area contributed by atoms with Crippen LogP contribution in [0.1, 0.15) is 80.7 Å². The maximum absolute atomic E-state index is 13.7. The smallest absolute Gasteiger partial charge is 0.242 e. The van der Waals surface area contributed by atoms with Crippen LogP contribution in [0.2, 0.25) is 0 Å². The topological polar surface area (TPSA) is 43.9 Å². The molecule has 7 heteroatoms. The van der Waals surface area contributed by atoms with Gasteiger partial charge in [0.1, 0.15) is 5.82 Å². The Morgan fingerprint density at radius 1 is 0.919 bits per heavy atom. The molecule has 0 saturated carbocycles. The first-order valence-electron chi connectivity index (χ1n) is 14.0. The predicted molar refractivity (Wildman–Crippen MR) is 150 cm³/mol. The summed E-state index contributed by atoms with van der Waals surface area (Å²) in [4.78, 5) is 34.0. The van der Waals surface area contributed by atoms with Crippen molar-refractivity contribution in [3.63, 3.8) is 0 Å². The van der Waals surface area contributed by atoms with Crippen LogP contribution in [-0.2, 0) is 22.7 Å². The number of hydrogen-bond acceptors (Lipinski definition) is 4. The van der Waals surface area contributed by atoms with Crippen LogP contribution in [0.15, 0.2) is 35.7 Å². The highest BCUT2D eigenvalue weighted by Crippen LogP contribution is 2.20. The van der Waals surface area contributed by atoms with Crippen LogP contribution < -0.4 is 0 Å². The van der Waals surface area contributed by atoms with Crippen molar-refractivity contribution >= 4 is 23.2 Å². The highest BCUT2D eigenvalue weighted by atomic mass is 32.1. The maximum Gasteiger partial charge on any atom is 0.242 e. The molecule has 5 nitrogen and oxygen atoms in total. The Balaban J connectivity index is 1.66. The van der Waals surface area contributed by atoms with Crippen molar-refractivity contribution in [2.45, 2.75) is 84.7 Å². The molecular formula is C30H44FN3O2S. The summed E-state index contributed by atoms with van der Waals surface area (Å²) in [6.45, 7) is 8.78. The molecule has 2 amide bonds. The molecule has 1 saturated heterocycles. The molecule has 1 aliphatic rings. The van der Waals surface area contributed by atoms with Crippen molar-refractivity contribution in [3.8, 4) is 0 Å². The summed E-state index contributed by atoms with van der Waals surface area (Å²) in [6, 6.07) is 8.38. The summed E-state index contributed by atoms with van der Waals surface area (Å²) in [6.07, 6.45) is 9.71. The highest BCUT2D eigenvalue weighted by molar-refractivity contribution is 7.10. The zero-order chi connectivity index (χ0) is 26.5. The fourth-order valence-corrected chi connectivity index (χ4v) is 5.74. The molecular weight excluding hydrogens is 485 g/mol. The van der Waals surface area contributed by atoms with E-state index in [-0.39, 0.29) is 24.2 Å². The third-order valence-electron chi connectivity index (χ3n) is 7.25. The molecule has 37 heavy (non-hydrogen) atoms. The van der Waals surface area contributed by atoms with Gasteiger partial charge in [0, 0.05) is 30.9 Å². The van der Waals surface area contributed by atoms with Crippen LogP contribution in [0, 0.1) is 12.7 Å². The van der Waals surface area contributed by atoms with E-state index in [1.165, 1.54) is 50.7 Å². The van der Waals surface area contributed by atoms with Gasteiger partial charge in [-0.3, -0.25) is 9.59 Å². The van der Waals surface area contributed by atoms with E-state index in [9.17, 15) is 14.0 Å². The number of carbonyl (C=O) groups is 2. The fourth-order valence-electron chi connectivity index (χ4n) is 4.82. The number of aryl methyl sites for hydroxylation is 1. The van der Waals surface area contributed by atoms with E-state index in [4.69, 9.17) is 0 Å². The van der Waals surface area contributed by atoms with Gasteiger partial charge in [-0.25, -0.2) is 4.39 Å². The summed E-state index contributed by atoms with van der Waals surface area (Å²) in [5.74, 6) is -0.268. The lowest BCUT2D eigenvalue weighted by Crippen LogP contribution is -2.45. The molecule has 2 heterocycles. The van der Waals surface area contributed by atoms with Gasteiger partial charge in [0.25, 0.3) is 0 Å². The van der Waals surface area contributed by atoms with E-state index in [2.05, 4.69) is 24.8 Å². The number of carbonyl (C=O) groups excluding carboxylic acids is 2. The third kappa shape index (κ3) is 10.2. The first kappa shape index (κ1) is 29.3. The predicted octanol–water partition coefficient (Wildman–Crippen LogP) is 6.40. The molecule has 2 aromatic rings. The van der Waals surface area contributed by atoms with Gasteiger partial charge in [-0.05, 0) is 74.0 Å². The Labute approximate surface area is 226 Å². The number of hydrogen-bond donors (Lipinski definition) is 0. The minimum absolute atomic E-state index is 0.0603. The average molecular weight is 530 g/mol. The molecule has 1 aromatic heterocycles. The first-order valence-corrected chi connectivity index (χ1v) is 14.9. The van der Waals surface area contributed by atoms with Crippen LogP contribution in [0.5, 0.6) is 0 Å². The summed E-state index contributed by atoms with van der Waals surface area (Å²) in [7, 11) is 0. The molecule has 1 aromatic carbocycles. The van der Waals surface area contributed by atoms with Crippen molar-refractivity contribution in [1.82, 2.24) is 14.7 Å². The Hall–Kier alpha value is -2.25. The zero-order valence-corrected chi connectivity index (χ0v) is 23.5. The number of nitrogens with zero attached hydrogens (tertiary/aromatic N) is 3. The van der Waals surface area contributed by atoms with Gasteiger partial charge in [0.15, 0.2) is 0 Å². The average Bonchev–Trinajstić information content (AvgIpc) is 3.56. The number of halogens is 1. The summed E-state index contributed by atoms with van der Waals surface area (Å²) >= 11 is 1.64. The minimum atomic E-state index is -0.288. The van der Waals surface area contributed by atoms with Crippen LogP contribution >= 0.6 is 11.3 Å². The Kier molecular flexibility index (Phi) is 12.6.